The van der Waals surface area contributed by atoms with Crippen molar-refractivity contribution < 1.29 is 14.3 Å². The molecule has 1 aromatic heterocycles. The number of likely N-dealkylation sites (tertiary alicyclic amines) is 1. The zero-order valence-electron chi connectivity index (χ0n) is 11.7. The van der Waals surface area contributed by atoms with Gasteiger partial charge < -0.3 is 14.4 Å². The molecule has 1 unspecified atom stereocenters. The number of oxazole rings is 1. The Kier molecular flexibility index (Phi) is 4.01. The number of hydrogen-bond acceptors (Lipinski definition) is 4. The van der Waals surface area contributed by atoms with Crippen molar-refractivity contribution in [3.8, 4) is 11.3 Å². The first-order chi connectivity index (χ1) is 10.3. The van der Waals surface area contributed by atoms with Gasteiger partial charge in [-0.1, -0.05) is 12.1 Å². The number of carbonyl (C=O) groups is 1. The molecule has 1 fully saturated rings. The van der Waals surface area contributed by atoms with Crippen molar-refractivity contribution in [3.63, 3.8) is 0 Å². The van der Waals surface area contributed by atoms with Crippen LogP contribution in [0.1, 0.15) is 23.2 Å². The second-order valence-electron chi connectivity index (χ2n) is 5.39. The highest BCUT2D eigenvalue weighted by molar-refractivity contribution is 5.94. The van der Waals surface area contributed by atoms with Crippen molar-refractivity contribution in [1.82, 2.24) is 9.88 Å². The molecule has 1 atom stereocenters. The first-order valence-corrected chi connectivity index (χ1v) is 7.17. The number of hydrogen-bond donors (Lipinski definition) is 1. The highest BCUT2D eigenvalue weighted by Gasteiger charge is 2.23. The van der Waals surface area contributed by atoms with Crippen LogP contribution in [-0.4, -0.2) is 40.6 Å². The maximum atomic E-state index is 12.5. The van der Waals surface area contributed by atoms with Gasteiger partial charge in [-0.3, -0.25) is 4.79 Å². The SMILES string of the molecule is O=C(c1ccc(-c2cnco2)cc1)N1CCCC(CO)C1. The van der Waals surface area contributed by atoms with Gasteiger partial charge in [0.15, 0.2) is 12.2 Å². The second kappa shape index (κ2) is 6.10. The van der Waals surface area contributed by atoms with Crippen molar-refractivity contribution >= 4 is 5.91 Å². The third-order valence-corrected chi connectivity index (χ3v) is 3.91. The van der Waals surface area contributed by atoms with Gasteiger partial charge in [0.1, 0.15) is 0 Å². The van der Waals surface area contributed by atoms with Gasteiger partial charge in [0.05, 0.1) is 6.20 Å². The molecule has 5 nitrogen and oxygen atoms in total. The van der Waals surface area contributed by atoms with Crippen LogP contribution in [0.25, 0.3) is 11.3 Å². The maximum Gasteiger partial charge on any atom is 0.253 e. The quantitative estimate of drug-likeness (QED) is 0.939. The van der Waals surface area contributed by atoms with Crippen molar-refractivity contribution in [2.45, 2.75) is 12.8 Å². The Morgan fingerprint density at radius 3 is 2.86 bits per heavy atom. The summed E-state index contributed by atoms with van der Waals surface area (Å²) in [6, 6.07) is 7.34. The molecule has 1 amide bonds. The van der Waals surface area contributed by atoms with Gasteiger partial charge in [0.2, 0.25) is 0 Å². The van der Waals surface area contributed by atoms with Gasteiger partial charge in [0, 0.05) is 30.8 Å². The summed E-state index contributed by atoms with van der Waals surface area (Å²) < 4.78 is 5.23. The average Bonchev–Trinajstić information content (AvgIpc) is 3.09. The van der Waals surface area contributed by atoms with Crippen LogP contribution in [-0.2, 0) is 0 Å². The second-order valence-corrected chi connectivity index (χ2v) is 5.39. The summed E-state index contributed by atoms with van der Waals surface area (Å²) in [7, 11) is 0. The lowest BCUT2D eigenvalue weighted by atomic mass is 9.98. The van der Waals surface area contributed by atoms with E-state index in [0.29, 0.717) is 17.9 Å². The maximum absolute atomic E-state index is 12.5. The lowest BCUT2D eigenvalue weighted by Gasteiger charge is -2.31. The van der Waals surface area contributed by atoms with E-state index in [1.807, 2.05) is 29.2 Å². The highest BCUT2D eigenvalue weighted by Crippen LogP contribution is 2.21. The van der Waals surface area contributed by atoms with Crippen LogP contribution >= 0.6 is 0 Å². The van der Waals surface area contributed by atoms with E-state index < -0.39 is 0 Å². The molecule has 21 heavy (non-hydrogen) atoms. The van der Waals surface area contributed by atoms with E-state index in [-0.39, 0.29) is 18.4 Å². The third-order valence-electron chi connectivity index (χ3n) is 3.91. The molecule has 2 aromatic rings. The van der Waals surface area contributed by atoms with Crippen LogP contribution in [0.2, 0.25) is 0 Å². The predicted molar refractivity (Wildman–Crippen MR) is 77.7 cm³/mol. The number of aromatic nitrogens is 1. The zero-order valence-corrected chi connectivity index (χ0v) is 11.7. The minimum atomic E-state index is 0.0252. The van der Waals surface area contributed by atoms with E-state index in [2.05, 4.69) is 4.98 Å². The Balaban J connectivity index is 1.73. The van der Waals surface area contributed by atoms with Gasteiger partial charge in [-0.25, -0.2) is 4.98 Å². The van der Waals surface area contributed by atoms with Crippen LogP contribution in [0.15, 0.2) is 41.3 Å². The molecule has 5 heteroatoms. The number of rotatable bonds is 3. The van der Waals surface area contributed by atoms with E-state index in [4.69, 9.17) is 4.42 Å². The van der Waals surface area contributed by atoms with Gasteiger partial charge in [-0.15, -0.1) is 0 Å². The first kappa shape index (κ1) is 13.8. The van der Waals surface area contributed by atoms with Crippen LogP contribution in [0, 0.1) is 5.92 Å². The fraction of sp³-hybridized carbons (Fsp3) is 0.375. The first-order valence-electron chi connectivity index (χ1n) is 7.17. The van der Waals surface area contributed by atoms with E-state index in [9.17, 15) is 9.90 Å². The van der Waals surface area contributed by atoms with Gasteiger partial charge in [-0.05, 0) is 30.9 Å². The third kappa shape index (κ3) is 2.97. The lowest BCUT2D eigenvalue weighted by molar-refractivity contribution is 0.0620. The number of piperidine rings is 1. The van der Waals surface area contributed by atoms with Crippen molar-refractivity contribution in [1.29, 1.82) is 0 Å². The standard InChI is InChI=1S/C16H18N2O3/c19-10-12-2-1-7-18(9-12)16(20)14-5-3-13(4-6-14)15-8-17-11-21-15/h3-6,8,11-12,19H,1-2,7,9-10H2. The number of benzene rings is 1. The molecule has 1 aliphatic rings. The Morgan fingerprint density at radius 1 is 1.38 bits per heavy atom. The average molecular weight is 286 g/mol. The molecular weight excluding hydrogens is 268 g/mol. The predicted octanol–water partition coefficient (Wildman–Crippen LogP) is 2.19. The molecule has 1 aromatic carbocycles. The Morgan fingerprint density at radius 2 is 2.19 bits per heavy atom. The molecule has 0 spiro atoms. The zero-order chi connectivity index (χ0) is 14.7. The van der Waals surface area contributed by atoms with E-state index in [0.717, 1.165) is 24.9 Å². The fourth-order valence-corrected chi connectivity index (χ4v) is 2.72. The molecule has 1 saturated heterocycles. The molecule has 0 bridgehead atoms. The van der Waals surface area contributed by atoms with Gasteiger partial charge >= 0.3 is 0 Å². The summed E-state index contributed by atoms with van der Waals surface area (Å²) in [5.74, 6) is 0.917. The Hall–Kier alpha value is -2.14. The summed E-state index contributed by atoms with van der Waals surface area (Å²) in [5.41, 5.74) is 1.56. The summed E-state index contributed by atoms with van der Waals surface area (Å²) in [5, 5.41) is 9.25. The van der Waals surface area contributed by atoms with E-state index in [1.54, 1.807) is 6.20 Å². The van der Waals surface area contributed by atoms with E-state index >= 15 is 0 Å². The molecule has 0 radical (unpaired) electrons. The number of amides is 1. The summed E-state index contributed by atoms with van der Waals surface area (Å²) in [6.45, 7) is 1.55. The van der Waals surface area contributed by atoms with Crippen LogP contribution in [0.3, 0.4) is 0 Å². The molecule has 1 aliphatic heterocycles. The summed E-state index contributed by atoms with van der Waals surface area (Å²) in [6.07, 6.45) is 4.97. The molecule has 2 heterocycles. The minimum absolute atomic E-state index is 0.0252. The largest absolute Gasteiger partial charge is 0.444 e. The monoisotopic (exact) mass is 286 g/mol. The van der Waals surface area contributed by atoms with Crippen molar-refractivity contribution in [3.05, 3.63) is 42.4 Å². The minimum Gasteiger partial charge on any atom is -0.444 e. The van der Waals surface area contributed by atoms with Gasteiger partial charge in [0.25, 0.3) is 5.91 Å². The topological polar surface area (TPSA) is 66.6 Å². The number of aliphatic hydroxyl groups excluding tert-OH is 1. The summed E-state index contributed by atoms with van der Waals surface area (Å²) in [4.78, 5) is 18.2. The summed E-state index contributed by atoms with van der Waals surface area (Å²) >= 11 is 0. The highest BCUT2D eigenvalue weighted by atomic mass is 16.3. The number of nitrogens with zero attached hydrogens (tertiary/aromatic N) is 2. The molecule has 3 rings (SSSR count). The van der Waals surface area contributed by atoms with E-state index in [1.165, 1.54) is 6.39 Å². The van der Waals surface area contributed by atoms with Crippen LogP contribution < -0.4 is 0 Å². The normalized spacial score (nSPS) is 18.7. The van der Waals surface area contributed by atoms with Crippen molar-refractivity contribution in [2.75, 3.05) is 19.7 Å². The van der Waals surface area contributed by atoms with Gasteiger partial charge in [-0.2, -0.15) is 0 Å². The molecule has 0 aliphatic carbocycles. The molecule has 0 saturated carbocycles. The Labute approximate surface area is 123 Å². The molecule has 1 N–H and O–H groups in total. The molecule has 110 valence electrons. The van der Waals surface area contributed by atoms with Crippen molar-refractivity contribution in [2.24, 2.45) is 5.92 Å². The molecular formula is C16H18N2O3. The number of aliphatic hydroxyl groups is 1. The number of carbonyl (C=O) groups excluding carboxylic acids is 1. The Bertz CT molecular complexity index is 592. The fourth-order valence-electron chi connectivity index (χ4n) is 2.72. The lowest BCUT2D eigenvalue weighted by Crippen LogP contribution is -2.40. The van der Waals surface area contributed by atoms with Crippen LogP contribution in [0.4, 0.5) is 0 Å². The van der Waals surface area contributed by atoms with Crippen LogP contribution in [0.5, 0.6) is 0 Å². The smallest absolute Gasteiger partial charge is 0.253 e.